The maximum absolute atomic E-state index is 10.5. The van der Waals surface area contributed by atoms with Gasteiger partial charge in [-0.25, -0.2) is 0 Å². The Hall–Kier alpha value is -1.14. The standard InChI is InChI=1S/C11H10BrNO/c1-8(7-14)4-9-2-3-11(12)5-10(9)6-13/h2-3,5,7-8H,4H2,1H3. The van der Waals surface area contributed by atoms with Crippen molar-refractivity contribution in [1.29, 1.82) is 5.26 Å². The predicted molar refractivity (Wildman–Crippen MR) is 57.8 cm³/mol. The van der Waals surface area contributed by atoms with E-state index in [2.05, 4.69) is 22.0 Å². The minimum atomic E-state index is -0.0386. The Bertz CT molecular complexity index is 381. The summed E-state index contributed by atoms with van der Waals surface area (Å²) in [6, 6.07) is 7.65. The number of carbonyl (C=O) groups is 1. The molecule has 2 nitrogen and oxygen atoms in total. The number of carbonyl (C=O) groups excluding carboxylic acids is 1. The van der Waals surface area contributed by atoms with Gasteiger partial charge < -0.3 is 4.79 Å². The fraction of sp³-hybridized carbons (Fsp3) is 0.273. The lowest BCUT2D eigenvalue weighted by atomic mass is 9.98. The third-order valence-electron chi connectivity index (χ3n) is 1.97. The molecule has 0 heterocycles. The molecule has 1 aromatic carbocycles. The van der Waals surface area contributed by atoms with Gasteiger partial charge in [0.25, 0.3) is 0 Å². The van der Waals surface area contributed by atoms with Crippen molar-refractivity contribution in [3.05, 3.63) is 33.8 Å². The van der Waals surface area contributed by atoms with Crippen LogP contribution in [0.25, 0.3) is 0 Å². The maximum Gasteiger partial charge on any atom is 0.123 e. The van der Waals surface area contributed by atoms with Gasteiger partial charge in [0.15, 0.2) is 0 Å². The first kappa shape index (κ1) is 10.9. The van der Waals surface area contributed by atoms with E-state index in [1.807, 2.05) is 19.1 Å². The van der Waals surface area contributed by atoms with Gasteiger partial charge in [-0.1, -0.05) is 28.9 Å². The first-order chi connectivity index (χ1) is 6.67. The Balaban J connectivity index is 2.98. The number of nitrogens with zero attached hydrogens (tertiary/aromatic N) is 1. The number of nitriles is 1. The molecule has 1 unspecified atom stereocenters. The second-order valence-electron chi connectivity index (χ2n) is 3.23. The number of hydrogen-bond donors (Lipinski definition) is 0. The van der Waals surface area contributed by atoms with Crippen molar-refractivity contribution in [1.82, 2.24) is 0 Å². The molecular formula is C11H10BrNO. The molecule has 0 aliphatic rings. The topological polar surface area (TPSA) is 40.9 Å². The lowest BCUT2D eigenvalue weighted by Gasteiger charge is -2.06. The summed E-state index contributed by atoms with van der Waals surface area (Å²) in [6.07, 6.45) is 1.53. The van der Waals surface area contributed by atoms with Gasteiger partial charge in [-0.3, -0.25) is 0 Å². The zero-order valence-corrected chi connectivity index (χ0v) is 9.41. The average molecular weight is 252 g/mol. The molecule has 1 aromatic rings. The highest BCUT2D eigenvalue weighted by Gasteiger charge is 2.06. The molecule has 0 bridgehead atoms. The Morgan fingerprint density at radius 3 is 2.93 bits per heavy atom. The van der Waals surface area contributed by atoms with Crippen LogP contribution in [0.1, 0.15) is 18.1 Å². The van der Waals surface area contributed by atoms with Crippen molar-refractivity contribution in [2.45, 2.75) is 13.3 Å². The minimum Gasteiger partial charge on any atom is -0.303 e. The van der Waals surface area contributed by atoms with Gasteiger partial charge in [0.05, 0.1) is 11.6 Å². The molecule has 1 rings (SSSR count). The number of halogens is 1. The second-order valence-corrected chi connectivity index (χ2v) is 4.15. The number of hydrogen-bond acceptors (Lipinski definition) is 2. The van der Waals surface area contributed by atoms with Gasteiger partial charge in [0, 0.05) is 10.4 Å². The van der Waals surface area contributed by atoms with Crippen molar-refractivity contribution < 1.29 is 4.79 Å². The van der Waals surface area contributed by atoms with Crippen LogP contribution in [-0.4, -0.2) is 6.29 Å². The van der Waals surface area contributed by atoms with Gasteiger partial charge in [0.1, 0.15) is 6.29 Å². The Labute approximate surface area is 91.7 Å². The van der Waals surface area contributed by atoms with Gasteiger partial charge >= 0.3 is 0 Å². The molecule has 0 amide bonds. The lowest BCUT2D eigenvalue weighted by molar-refractivity contribution is -0.110. The first-order valence-corrected chi connectivity index (χ1v) is 5.10. The van der Waals surface area contributed by atoms with E-state index >= 15 is 0 Å². The van der Waals surface area contributed by atoms with E-state index < -0.39 is 0 Å². The van der Waals surface area contributed by atoms with E-state index in [0.717, 1.165) is 16.3 Å². The van der Waals surface area contributed by atoms with Crippen LogP contribution < -0.4 is 0 Å². The molecule has 1 atom stereocenters. The van der Waals surface area contributed by atoms with Crippen LogP contribution in [0.3, 0.4) is 0 Å². The lowest BCUT2D eigenvalue weighted by Crippen LogP contribution is -2.02. The predicted octanol–water partition coefficient (Wildman–Crippen LogP) is 2.70. The third-order valence-corrected chi connectivity index (χ3v) is 2.46. The molecule has 0 radical (unpaired) electrons. The SMILES string of the molecule is CC(C=O)Cc1ccc(Br)cc1C#N. The summed E-state index contributed by atoms with van der Waals surface area (Å²) >= 11 is 3.30. The summed E-state index contributed by atoms with van der Waals surface area (Å²) in [7, 11) is 0. The van der Waals surface area contributed by atoms with Crippen molar-refractivity contribution in [2.75, 3.05) is 0 Å². The van der Waals surface area contributed by atoms with Crippen molar-refractivity contribution >= 4 is 22.2 Å². The molecule has 14 heavy (non-hydrogen) atoms. The molecule has 0 saturated heterocycles. The summed E-state index contributed by atoms with van der Waals surface area (Å²) in [4.78, 5) is 10.5. The van der Waals surface area contributed by atoms with Crippen molar-refractivity contribution in [2.24, 2.45) is 5.92 Å². The zero-order chi connectivity index (χ0) is 10.6. The zero-order valence-electron chi connectivity index (χ0n) is 7.83. The van der Waals surface area contributed by atoms with E-state index in [1.165, 1.54) is 0 Å². The van der Waals surface area contributed by atoms with E-state index in [9.17, 15) is 4.79 Å². The molecule has 0 saturated carbocycles. The molecule has 3 heteroatoms. The van der Waals surface area contributed by atoms with E-state index in [1.54, 1.807) is 6.07 Å². The highest BCUT2D eigenvalue weighted by atomic mass is 79.9. The van der Waals surface area contributed by atoms with Crippen LogP contribution >= 0.6 is 15.9 Å². The monoisotopic (exact) mass is 251 g/mol. The molecular weight excluding hydrogens is 242 g/mol. The Morgan fingerprint density at radius 1 is 1.64 bits per heavy atom. The van der Waals surface area contributed by atoms with E-state index in [0.29, 0.717) is 12.0 Å². The normalized spacial score (nSPS) is 11.8. The van der Waals surface area contributed by atoms with E-state index in [-0.39, 0.29) is 5.92 Å². The molecule has 0 spiro atoms. The fourth-order valence-electron chi connectivity index (χ4n) is 1.23. The van der Waals surface area contributed by atoms with Crippen LogP contribution in [-0.2, 0) is 11.2 Å². The number of aldehydes is 1. The van der Waals surface area contributed by atoms with Gasteiger partial charge in [0.2, 0.25) is 0 Å². The summed E-state index contributed by atoms with van der Waals surface area (Å²) in [5.41, 5.74) is 1.56. The van der Waals surface area contributed by atoms with Crippen LogP contribution in [0, 0.1) is 17.2 Å². The summed E-state index contributed by atoms with van der Waals surface area (Å²) < 4.78 is 0.886. The van der Waals surface area contributed by atoms with Gasteiger partial charge in [-0.15, -0.1) is 0 Å². The molecule has 0 aliphatic heterocycles. The van der Waals surface area contributed by atoms with Crippen LogP contribution in [0.2, 0.25) is 0 Å². The highest BCUT2D eigenvalue weighted by Crippen LogP contribution is 2.18. The van der Waals surface area contributed by atoms with E-state index in [4.69, 9.17) is 5.26 Å². The summed E-state index contributed by atoms with van der Waals surface area (Å²) in [5.74, 6) is -0.0386. The Kier molecular flexibility index (Phi) is 3.84. The van der Waals surface area contributed by atoms with Crippen LogP contribution in [0.15, 0.2) is 22.7 Å². The Morgan fingerprint density at radius 2 is 2.36 bits per heavy atom. The summed E-state index contributed by atoms with van der Waals surface area (Å²) in [5, 5.41) is 8.87. The van der Waals surface area contributed by atoms with Crippen LogP contribution in [0.5, 0.6) is 0 Å². The number of rotatable bonds is 3. The van der Waals surface area contributed by atoms with Gasteiger partial charge in [-0.2, -0.15) is 5.26 Å². The molecule has 0 N–H and O–H groups in total. The quantitative estimate of drug-likeness (QED) is 0.776. The molecule has 0 fully saturated rings. The first-order valence-electron chi connectivity index (χ1n) is 4.31. The minimum absolute atomic E-state index is 0.0386. The van der Waals surface area contributed by atoms with Crippen molar-refractivity contribution in [3.8, 4) is 6.07 Å². The highest BCUT2D eigenvalue weighted by molar-refractivity contribution is 9.10. The van der Waals surface area contributed by atoms with Gasteiger partial charge in [-0.05, 0) is 24.1 Å². The largest absolute Gasteiger partial charge is 0.303 e. The summed E-state index contributed by atoms with van der Waals surface area (Å²) in [6.45, 7) is 1.84. The number of benzene rings is 1. The fourth-order valence-corrected chi connectivity index (χ4v) is 1.59. The molecule has 0 aliphatic carbocycles. The average Bonchev–Trinajstić information content (AvgIpc) is 2.20. The second kappa shape index (κ2) is 4.92. The van der Waals surface area contributed by atoms with Crippen molar-refractivity contribution in [3.63, 3.8) is 0 Å². The maximum atomic E-state index is 10.5. The third kappa shape index (κ3) is 2.68. The smallest absolute Gasteiger partial charge is 0.123 e. The van der Waals surface area contributed by atoms with Crippen LogP contribution in [0.4, 0.5) is 0 Å². The molecule has 0 aromatic heterocycles. The molecule has 72 valence electrons.